The lowest BCUT2D eigenvalue weighted by atomic mass is 9.79. The molecule has 2 saturated heterocycles. The van der Waals surface area contributed by atoms with E-state index in [0.717, 1.165) is 38.9 Å². The number of nitrogens with zero attached hydrogens (tertiary/aromatic N) is 1. The zero-order valence-corrected chi connectivity index (χ0v) is 9.18. The highest BCUT2D eigenvalue weighted by atomic mass is 16.2. The molecular formula is C11H20N2O. The maximum Gasteiger partial charge on any atom is 0.230 e. The molecular weight excluding hydrogens is 176 g/mol. The second-order valence-electron chi connectivity index (χ2n) is 4.90. The fourth-order valence-corrected chi connectivity index (χ4v) is 2.70. The van der Waals surface area contributed by atoms with Crippen LogP contribution in [0.15, 0.2) is 0 Å². The Hall–Kier alpha value is -0.570. The molecule has 2 fully saturated rings. The predicted octanol–water partition coefficient (Wildman–Crippen LogP) is 0.997. The summed E-state index contributed by atoms with van der Waals surface area (Å²) in [7, 11) is 0. The molecule has 1 atom stereocenters. The Bertz CT molecular complexity index is 231. The number of hydrogen-bond acceptors (Lipinski definition) is 2. The minimum Gasteiger partial charge on any atom is -0.340 e. The zero-order chi connectivity index (χ0) is 10.2. The lowest BCUT2D eigenvalue weighted by Gasteiger charge is -2.33. The van der Waals surface area contributed by atoms with Crippen molar-refractivity contribution in [3.05, 3.63) is 0 Å². The number of carbonyl (C=O) groups is 1. The summed E-state index contributed by atoms with van der Waals surface area (Å²) >= 11 is 0. The van der Waals surface area contributed by atoms with Crippen LogP contribution >= 0.6 is 0 Å². The normalized spacial score (nSPS) is 33.4. The first-order valence-corrected chi connectivity index (χ1v) is 5.67. The zero-order valence-electron chi connectivity index (χ0n) is 9.18. The number of likely N-dealkylation sites (tertiary alicyclic amines) is 1. The minimum absolute atomic E-state index is 0.0392. The van der Waals surface area contributed by atoms with Crippen molar-refractivity contribution in [2.24, 2.45) is 5.41 Å². The maximum absolute atomic E-state index is 12.2. The molecule has 0 aromatic rings. The molecule has 1 amide bonds. The first-order valence-electron chi connectivity index (χ1n) is 5.67. The molecule has 0 aliphatic carbocycles. The quantitative estimate of drug-likeness (QED) is 0.678. The summed E-state index contributed by atoms with van der Waals surface area (Å²) in [6.07, 6.45) is 3.29. The summed E-state index contributed by atoms with van der Waals surface area (Å²) in [5.41, 5.74) is -0.0392. The highest BCUT2D eigenvalue weighted by molar-refractivity contribution is 5.85. The third-order valence-electron chi connectivity index (χ3n) is 3.64. The van der Waals surface area contributed by atoms with E-state index in [1.165, 1.54) is 0 Å². The first-order chi connectivity index (χ1) is 6.66. The molecule has 0 radical (unpaired) electrons. The molecule has 2 aliphatic heterocycles. The summed E-state index contributed by atoms with van der Waals surface area (Å²) in [5.74, 6) is 0.389. The number of amides is 1. The molecule has 0 unspecified atom stereocenters. The van der Waals surface area contributed by atoms with Crippen LogP contribution in [0.4, 0.5) is 0 Å². The van der Waals surface area contributed by atoms with Gasteiger partial charge in [0.15, 0.2) is 0 Å². The number of piperidine rings is 1. The fourth-order valence-electron chi connectivity index (χ4n) is 2.70. The van der Waals surface area contributed by atoms with Crippen molar-refractivity contribution in [2.45, 2.75) is 39.2 Å². The molecule has 0 aromatic carbocycles. The Morgan fingerprint density at radius 1 is 1.43 bits per heavy atom. The van der Waals surface area contributed by atoms with Crippen molar-refractivity contribution in [1.29, 1.82) is 0 Å². The van der Waals surface area contributed by atoms with E-state index in [1.807, 2.05) is 4.90 Å². The van der Waals surface area contributed by atoms with Crippen LogP contribution in [0, 0.1) is 5.41 Å². The molecule has 3 heteroatoms. The van der Waals surface area contributed by atoms with Gasteiger partial charge in [0.25, 0.3) is 0 Å². The van der Waals surface area contributed by atoms with Crippen molar-refractivity contribution in [2.75, 3.05) is 19.6 Å². The molecule has 14 heavy (non-hydrogen) atoms. The Labute approximate surface area is 85.8 Å². The van der Waals surface area contributed by atoms with Crippen molar-refractivity contribution >= 4 is 5.91 Å². The Morgan fingerprint density at radius 2 is 2.21 bits per heavy atom. The molecule has 2 rings (SSSR count). The van der Waals surface area contributed by atoms with Crippen LogP contribution in [0.3, 0.4) is 0 Å². The van der Waals surface area contributed by atoms with Crippen LogP contribution in [0.5, 0.6) is 0 Å². The minimum atomic E-state index is -0.0392. The first kappa shape index (κ1) is 9.97. The van der Waals surface area contributed by atoms with Crippen LogP contribution in [-0.4, -0.2) is 36.5 Å². The highest BCUT2D eigenvalue weighted by Crippen LogP contribution is 2.38. The van der Waals surface area contributed by atoms with E-state index in [1.54, 1.807) is 0 Å². The van der Waals surface area contributed by atoms with Gasteiger partial charge in [-0.1, -0.05) is 0 Å². The number of rotatable bonds is 1. The average molecular weight is 196 g/mol. The van der Waals surface area contributed by atoms with Gasteiger partial charge in [0.1, 0.15) is 0 Å². The largest absolute Gasteiger partial charge is 0.340 e. The summed E-state index contributed by atoms with van der Waals surface area (Å²) in [4.78, 5) is 14.2. The predicted molar refractivity (Wildman–Crippen MR) is 56.0 cm³/mol. The van der Waals surface area contributed by atoms with E-state index >= 15 is 0 Å². The number of hydrogen-bond donors (Lipinski definition) is 1. The van der Waals surface area contributed by atoms with Gasteiger partial charge in [0.05, 0.1) is 5.41 Å². The lowest BCUT2D eigenvalue weighted by Crippen LogP contribution is -2.46. The molecule has 80 valence electrons. The van der Waals surface area contributed by atoms with Gasteiger partial charge in [-0.25, -0.2) is 0 Å². The van der Waals surface area contributed by atoms with Gasteiger partial charge in [-0.15, -0.1) is 0 Å². The molecule has 0 bridgehead atoms. The Morgan fingerprint density at radius 3 is 2.71 bits per heavy atom. The van der Waals surface area contributed by atoms with Crippen molar-refractivity contribution < 1.29 is 4.79 Å². The van der Waals surface area contributed by atoms with Crippen molar-refractivity contribution in [3.63, 3.8) is 0 Å². The maximum atomic E-state index is 12.2. The summed E-state index contributed by atoms with van der Waals surface area (Å²) in [5, 5.41) is 3.36. The second kappa shape index (κ2) is 3.54. The third kappa shape index (κ3) is 1.44. The smallest absolute Gasteiger partial charge is 0.230 e. The van der Waals surface area contributed by atoms with Gasteiger partial charge in [0, 0.05) is 19.1 Å². The summed E-state index contributed by atoms with van der Waals surface area (Å²) in [6, 6.07) is 0.365. The van der Waals surface area contributed by atoms with Gasteiger partial charge in [-0.3, -0.25) is 4.79 Å². The van der Waals surface area contributed by atoms with Crippen LogP contribution < -0.4 is 5.32 Å². The van der Waals surface area contributed by atoms with E-state index in [2.05, 4.69) is 19.2 Å². The fraction of sp³-hybridized carbons (Fsp3) is 0.909. The average Bonchev–Trinajstić information content (AvgIpc) is 2.46. The summed E-state index contributed by atoms with van der Waals surface area (Å²) in [6.45, 7) is 7.14. The number of nitrogens with one attached hydrogen (secondary N) is 1. The molecule has 1 spiro atoms. The topological polar surface area (TPSA) is 32.3 Å². The molecule has 3 nitrogen and oxygen atoms in total. The molecule has 2 aliphatic rings. The van der Waals surface area contributed by atoms with E-state index in [0.29, 0.717) is 11.9 Å². The van der Waals surface area contributed by atoms with Crippen LogP contribution in [0.25, 0.3) is 0 Å². The standard InChI is InChI=1S/C11H20N2O/c1-9(2)13-7-5-11(10(13)14)4-3-6-12-8-11/h9,12H,3-8H2,1-2H3/t11-/m0/s1. The van der Waals surface area contributed by atoms with Gasteiger partial charge >= 0.3 is 0 Å². The van der Waals surface area contributed by atoms with Crippen molar-refractivity contribution in [3.8, 4) is 0 Å². The Balaban J connectivity index is 2.11. The van der Waals surface area contributed by atoms with E-state index < -0.39 is 0 Å². The molecule has 0 aromatic heterocycles. The molecule has 1 N–H and O–H groups in total. The van der Waals surface area contributed by atoms with E-state index in [4.69, 9.17) is 0 Å². The van der Waals surface area contributed by atoms with Crippen LogP contribution in [0.2, 0.25) is 0 Å². The monoisotopic (exact) mass is 196 g/mol. The second-order valence-corrected chi connectivity index (χ2v) is 4.90. The van der Waals surface area contributed by atoms with Crippen molar-refractivity contribution in [1.82, 2.24) is 10.2 Å². The van der Waals surface area contributed by atoms with E-state index in [9.17, 15) is 4.79 Å². The molecule has 2 heterocycles. The van der Waals surface area contributed by atoms with Gasteiger partial charge in [0.2, 0.25) is 5.91 Å². The highest BCUT2D eigenvalue weighted by Gasteiger charge is 2.47. The summed E-state index contributed by atoms with van der Waals surface area (Å²) < 4.78 is 0. The Kier molecular flexibility index (Phi) is 2.52. The van der Waals surface area contributed by atoms with E-state index in [-0.39, 0.29) is 5.41 Å². The van der Waals surface area contributed by atoms with Gasteiger partial charge in [-0.2, -0.15) is 0 Å². The van der Waals surface area contributed by atoms with Crippen LogP contribution in [-0.2, 0) is 4.79 Å². The van der Waals surface area contributed by atoms with Crippen LogP contribution in [0.1, 0.15) is 33.1 Å². The lowest BCUT2D eigenvalue weighted by molar-refractivity contribution is -0.138. The third-order valence-corrected chi connectivity index (χ3v) is 3.64. The van der Waals surface area contributed by atoms with Gasteiger partial charge in [-0.05, 0) is 39.7 Å². The molecule has 0 saturated carbocycles. The number of carbonyl (C=O) groups excluding carboxylic acids is 1. The van der Waals surface area contributed by atoms with Gasteiger partial charge < -0.3 is 10.2 Å². The SMILES string of the molecule is CC(C)N1CC[C@]2(CCCNC2)C1=O.